The molecule has 0 radical (unpaired) electrons. The molecule has 0 spiro atoms. The molecule has 0 saturated carbocycles. The van der Waals surface area contributed by atoms with Crippen LogP contribution >= 0.6 is 0 Å². The lowest BCUT2D eigenvalue weighted by atomic mass is 9.93. The molecule has 2 aromatic rings. The summed E-state index contributed by atoms with van der Waals surface area (Å²) in [6.45, 7) is 5.43. The summed E-state index contributed by atoms with van der Waals surface area (Å²) >= 11 is 0. The van der Waals surface area contributed by atoms with Gasteiger partial charge in [-0.25, -0.2) is 0 Å². The van der Waals surface area contributed by atoms with Gasteiger partial charge in [0.15, 0.2) is 0 Å². The van der Waals surface area contributed by atoms with Gasteiger partial charge in [0.25, 0.3) is 0 Å². The van der Waals surface area contributed by atoms with Gasteiger partial charge in [-0.15, -0.1) is 0 Å². The second-order valence-corrected chi connectivity index (χ2v) is 5.21. The monoisotopic (exact) mass is 237 g/mol. The minimum absolute atomic E-state index is 0.473. The average molecular weight is 237 g/mol. The van der Waals surface area contributed by atoms with E-state index in [4.69, 9.17) is 0 Å². The van der Waals surface area contributed by atoms with E-state index in [0.29, 0.717) is 6.04 Å². The van der Waals surface area contributed by atoms with Crippen LogP contribution in [0.3, 0.4) is 0 Å². The fourth-order valence-electron chi connectivity index (χ4n) is 2.94. The van der Waals surface area contributed by atoms with Crippen molar-refractivity contribution >= 4 is 0 Å². The van der Waals surface area contributed by atoms with Crippen molar-refractivity contribution in [2.75, 3.05) is 0 Å². The van der Waals surface area contributed by atoms with Crippen molar-refractivity contribution in [2.24, 2.45) is 0 Å². The molecule has 0 aliphatic carbocycles. The highest BCUT2D eigenvalue weighted by Crippen LogP contribution is 2.29. The Hall–Kier alpha value is -1.60. The van der Waals surface area contributed by atoms with Crippen LogP contribution < -0.4 is 5.32 Å². The van der Waals surface area contributed by atoms with E-state index in [9.17, 15) is 0 Å². The van der Waals surface area contributed by atoms with Gasteiger partial charge in [0.2, 0.25) is 0 Å². The van der Waals surface area contributed by atoms with Gasteiger partial charge in [-0.3, -0.25) is 0 Å². The standard InChI is InChI=1S/C17H19N/c1-12-6-5-7-13(2)16(12)10-17-15-9-4-3-8-14(15)11-18-17/h3-9,17-18H,10-11H2,1-2H3. The smallest absolute Gasteiger partial charge is 0.0367 e. The molecular weight excluding hydrogens is 218 g/mol. The van der Waals surface area contributed by atoms with Crippen LogP contribution in [0.4, 0.5) is 0 Å². The zero-order chi connectivity index (χ0) is 12.5. The van der Waals surface area contributed by atoms with E-state index in [1.807, 2.05) is 0 Å². The number of fused-ring (bicyclic) bond motifs is 1. The Morgan fingerprint density at radius 1 is 1.00 bits per heavy atom. The van der Waals surface area contributed by atoms with Crippen molar-refractivity contribution in [3.63, 3.8) is 0 Å². The van der Waals surface area contributed by atoms with Gasteiger partial charge >= 0.3 is 0 Å². The third-order valence-electron chi connectivity index (χ3n) is 4.02. The maximum Gasteiger partial charge on any atom is 0.0367 e. The lowest BCUT2D eigenvalue weighted by molar-refractivity contribution is 0.578. The van der Waals surface area contributed by atoms with Gasteiger partial charge in [0.1, 0.15) is 0 Å². The van der Waals surface area contributed by atoms with Crippen molar-refractivity contribution in [3.8, 4) is 0 Å². The van der Waals surface area contributed by atoms with Crippen molar-refractivity contribution in [2.45, 2.75) is 32.9 Å². The van der Waals surface area contributed by atoms with E-state index >= 15 is 0 Å². The van der Waals surface area contributed by atoms with E-state index in [0.717, 1.165) is 13.0 Å². The fourth-order valence-corrected chi connectivity index (χ4v) is 2.94. The predicted molar refractivity (Wildman–Crippen MR) is 75.6 cm³/mol. The molecule has 2 aromatic carbocycles. The predicted octanol–water partition coefficient (Wildman–Crippen LogP) is 3.69. The van der Waals surface area contributed by atoms with Crippen molar-refractivity contribution in [1.29, 1.82) is 0 Å². The number of benzene rings is 2. The lowest BCUT2D eigenvalue weighted by Crippen LogP contribution is -2.15. The Labute approximate surface area is 109 Å². The SMILES string of the molecule is Cc1cccc(C)c1CC1NCc2ccccc21. The minimum atomic E-state index is 0.473. The highest BCUT2D eigenvalue weighted by atomic mass is 14.9. The normalized spacial score (nSPS) is 17.8. The first-order valence-electron chi connectivity index (χ1n) is 6.62. The van der Waals surface area contributed by atoms with Crippen LogP contribution in [0.25, 0.3) is 0 Å². The van der Waals surface area contributed by atoms with Crippen LogP contribution in [-0.2, 0) is 13.0 Å². The molecule has 1 nitrogen and oxygen atoms in total. The molecule has 0 aromatic heterocycles. The molecule has 0 fully saturated rings. The van der Waals surface area contributed by atoms with E-state index in [1.54, 1.807) is 0 Å². The highest BCUT2D eigenvalue weighted by Gasteiger charge is 2.22. The number of aryl methyl sites for hydroxylation is 2. The van der Waals surface area contributed by atoms with E-state index in [1.165, 1.54) is 27.8 Å². The quantitative estimate of drug-likeness (QED) is 0.840. The van der Waals surface area contributed by atoms with Crippen molar-refractivity contribution < 1.29 is 0 Å². The van der Waals surface area contributed by atoms with E-state index in [2.05, 4.69) is 61.6 Å². The van der Waals surface area contributed by atoms with Gasteiger partial charge < -0.3 is 5.32 Å². The van der Waals surface area contributed by atoms with Crippen LogP contribution in [0.1, 0.15) is 33.9 Å². The third kappa shape index (κ3) is 1.95. The second kappa shape index (κ2) is 4.58. The molecule has 0 saturated heterocycles. The summed E-state index contributed by atoms with van der Waals surface area (Å²) in [7, 11) is 0. The molecule has 1 aliphatic heterocycles. The molecule has 1 N–H and O–H groups in total. The molecular formula is C17H19N. The maximum absolute atomic E-state index is 3.62. The minimum Gasteiger partial charge on any atom is -0.306 e. The third-order valence-corrected chi connectivity index (χ3v) is 4.02. The number of rotatable bonds is 2. The summed E-state index contributed by atoms with van der Waals surface area (Å²) < 4.78 is 0. The van der Waals surface area contributed by atoms with Gasteiger partial charge in [0, 0.05) is 12.6 Å². The van der Waals surface area contributed by atoms with Gasteiger partial charge in [-0.05, 0) is 48.1 Å². The highest BCUT2D eigenvalue weighted by molar-refractivity contribution is 5.39. The van der Waals surface area contributed by atoms with Crippen LogP contribution in [0.2, 0.25) is 0 Å². The van der Waals surface area contributed by atoms with E-state index < -0.39 is 0 Å². The van der Waals surface area contributed by atoms with Crippen LogP contribution in [0.5, 0.6) is 0 Å². The lowest BCUT2D eigenvalue weighted by Gasteiger charge is -2.16. The van der Waals surface area contributed by atoms with Crippen molar-refractivity contribution in [1.82, 2.24) is 5.32 Å². The Morgan fingerprint density at radius 3 is 2.50 bits per heavy atom. The average Bonchev–Trinajstić information content (AvgIpc) is 2.77. The molecule has 1 atom stereocenters. The first-order chi connectivity index (χ1) is 8.75. The Kier molecular flexibility index (Phi) is 2.92. The zero-order valence-corrected chi connectivity index (χ0v) is 11.0. The molecule has 1 heterocycles. The molecule has 1 aliphatic rings. The summed E-state index contributed by atoms with van der Waals surface area (Å²) in [5, 5.41) is 3.62. The Bertz CT molecular complexity index is 551. The number of hydrogen-bond donors (Lipinski definition) is 1. The molecule has 3 rings (SSSR count). The summed E-state index contributed by atoms with van der Waals surface area (Å²) in [5.74, 6) is 0. The summed E-state index contributed by atoms with van der Waals surface area (Å²) in [6.07, 6.45) is 1.09. The Balaban J connectivity index is 1.91. The van der Waals surface area contributed by atoms with Crippen LogP contribution in [0.15, 0.2) is 42.5 Å². The maximum atomic E-state index is 3.62. The second-order valence-electron chi connectivity index (χ2n) is 5.21. The van der Waals surface area contributed by atoms with Gasteiger partial charge in [0.05, 0.1) is 0 Å². The van der Waals surface area contributed by atoms with Gasteiger partial charge in [-0.1, -0.05) is 42.5 Å². The first-order valence-corrected chi connectivity index (χ1v) is 6.62. The van der Waals surface area contributed by atoms with Crippen molar-refractivity contribution in [3.05, 3.63) is 70.3 Å². The molecule has 1 unspecified atom stereocenters. The summed E-state index contributed by atoms with van der Waals surface area (Å²) in [4.78, 5) is 0. The molecule has 0 bridgehead atoms. The topological polar surface area (TPSA) is 12.0 Å². The van der Waals surface area contributed by atoms with Crippen LogP contribution in [-0.4, -0.2) is 0 Å². The zero-order valence-electron chi connectivity index (χ0n) is 11.0. The summed E-state index contributed by atoms with van der Waals surface area (Å²) in [6, 6.07) is 15.8. The van der Waals surface area contributed by atoms with E-state index in [-0.39, 0.29) is 0 Å². The first kappa shape index (κ1) is 11.5. The Morgan fingerprint density at radius 2 is 1.72 bits per heavy atom. The largest absolute Gasteiger partial charge is 0.306 e. The summed E-state index contributed by atoms with van der Waals surface area (Å²) in [5.41, 5.74) is 7.22. The van der Waals surface area contributed by atoms with Gasteiger partial charge in [-0.2, -0.15) is 0 Å². The molecule has 1 heteroatoms. The molecule has 92 valence electrons. The number of nitrogens with one attached hydrogen (secondary N) is 1. The van der Waals surface area contributed by atoms with Crippen LogP contribution in [0, 0.1) is 13.8 Å². The molecule has 0 amide bonds. The number of hydrogen-bond acceptors (Lipinski definition) is 1. The molecule has 18 heavy (non-hydrogen) atoms. The fraction of sp³-hybridized carbons (Fsp3) is 0.294.